The van der Waals surface area contributed by atoms with Gasteiger partial charge >= 0.3 is 6.03 Å². The van der Waals surface area contributed by atoms with Crippen molar-refractivity contribution in [2.45, 2.75) is 45.3 Å². The van der Waals surface area contributed by atoms with Crippen molar-refractivity contribution in [2.24, 2.45) is 5.41 Å². The van der Waals surface area contributed by atoms with Crippen LogP contribution in [0.15, 0.2) is 42.7 Å². The second-order valence-electron chi connectivity index (χ2n) is 7.12. The normalized spacial score (nSPS) is 22.7. The zero-order valence-corrected chi connectivity index (χ0v) is 14.6. The summed E-state index contributed by atoms with van der Waals surface area (Å²) < 4.78 is 1.87. The van der Waals surface area contributed by atoms with E-state index >= 15 is 0 Å². The summed E-state index contributed by atoms with van der Waals surface area (Å²) in [5.41, 5.74) is 1.94. The van der Waals surface area contributed by atoms with Crippen molar-refractivity contribution in [3.05, 3.63) is 53.9 Å². The average molecular weight is 342 g/mol. The molecule has 134 valence electrons. The van der Waals surface area contributed by atoms with Gasteiger partial charge in [-0.05, 0) is 18.4 Å². The Morgan fingerprint density at radius 2 is 2.16 bits per heavy atom. The van der Waals surface area contributed by atoms with E-state index in [2.05, 4.69) is 27.9 Å². The predicted molar refractivity (Wildman–Crippen MR) is 96.0 cm³/mol. The van der Waals surface area contributed by atoms with Crippen molar-refractivity contribution in [1.82, 2.24) is 20.4 Å². The van der Waals surface area contributed by atoms with Crippen LogP contribution in [-0.2, 0) is 13.1 Å². The Labute approximate surface area is 148 Å². The standard InChI is InChI=1S/C19H26N4O2/c1-19(14-24)9-5-8-17(19)22-18(25)20-10-16-11-21-23(13-16)12-15-6-3-2-4-7-15/h2-4,6-7,11,13,17,24H,5,8-10,12,14H2,1H3,(H2,20,22,25). The minimum atomic E-state index is -0.210. The number of nitrogens with one attached hydrogen (secondary N) is 2. The van der Waals surface area contributed by atoms with Crippen molar-refractivity contribution in [3.63, 3.8) is 0 Å². The van der Waals surface area contributed by atoms with Gasteiger partial charge in [0.25, 0.3) is 0 Å². The zero-order valence-electron chi connectivity index (χ0n) is 14.6. The van der Waals surface area contributed by atoms with Gasteiger partial charge in [-0.3, -0.25) is 4.68 Å². The van der Waals surface area contributed by atoms with Gasteiger partial charge in [0.15, 0.2) is 0 Å². The molecule has 1 saturated carbocycles. The summed E-state index contributed by atoms with van der Waals surface area (Å²) in [5, 5.41) is 19.8. The van der Waals surface area contributed by atoms with Crippen LogP contribution in [0.5, 0.6) is 0 Å². The van der Waals surface area contributed by atoms with Crippen LogP contribution >= 0.6 is 0 Å². The minimum absolute atomic E-state index is 0.0262. The van der Waals surface area contributed by atoms with Crippen LogP contribution in [0.2, 0.25) is 0 Å². The number of carbonyl (C=O) groups excluding carboxylic acids is 1. The Morgan fingerprint density at radius 3 is 2.92 bits per heavy atom. The Morgan fingerprint density at radius 1 is 1.36 bits per heavy atom. The lowest BCUT2D eigenvalue weighted by Gasteiger charge is -2.30. The number of aromatic nitrogens is 2. The Balaban J connectivity index is 1.48. The average Bonchev–Trinajstić information content (AvgIpc) is 3.21. The molecule has 0 radical (unpaired) electrons. The molecule has 0 spiro atoms. The molecule has 6 heteroatoms. The van der Waals surface area contributed by atoms with Gasteiger partial charge < -0.3 is 15.7 Å². The SMILES string of the molecule is CC1(CO)CCCC1NC(=O)NCc1cnn(Cc2ccccc2)c1. The second-order valence-corrected chi connectivity index (χ2v) is 7.12. The number of benzene rings is 1. The summed E-state index contributed by atoms with van der Waals surface area (Å²) in [6.07, 6.45) is 6.62. The molecule has 0 aliphatic heterocycles. The third kappa shape index (κ3) is 4.39. The molecule has 0 saturated heterocycles. The molecule has 1 aliphatic carbocycles. The van der Waals surface area contributed by atoms with Crippen LogP contribution in [0.4, 0.5) is 4.79 Å². The van der Waals surface area contributed by atoms with Gasteiger partial charge in [0, 0.05) is 29.8 Å². The summed E-state index contributed by atoms with van der Waals surface area (Å²) in [6, 6.07) is 9.97. The Hall–Kier alpha value is -2.34. The van der Waals surface area contributed by atoms with Crippen molar-refractivity contribution in [2.75, 3.05) is 6.61 Å². The number of carbonyl (C=O) groups is 1. The maximum absolute atomic E-state index is 12.1. The zero-order chi connectivity index (χ0) is 17.7. The summed E-state index contributed by atoms with van der Waals surface area (Å²) in [6.45, 7) is 3.27. The fourth-order valence-electron chi connectivity index (χ4n) is 3.41. The van der Waals surface area contributed by atoms with E-state index in [1.165, 1.54) is 5.56 Å². The Kier molecular flexibility index (Phi) is 5.38. The largest absolute Gasteiger partial charge is 0.396 e. The fourth-order valence-corrected chi connectivity index (χ4v) is 3.41. The number of aliphatic hydroxyl groups excluding tert-OH is 1. The number of aliphatic hydroxyl groups is 1. The highest BCUT2D eigenvalue weighted by Gasteiger charge is 2.39. The van der Waals surface area contributed by atoms with E-state index in [0.29, 0.717) is 13.1 Å². The lowest BCUT2D eigenvalue weighted by molar-refractivity contribution is 0.121. The Bertz CT molecular complexity index is 700. The molecule has 0 bridgehead atoms. The molecule has 1 fully saturated rings. The highest BCUT2D eigenvalue weighted by atomic mass is 16.3. The van der Waals surface area contributed by atoms with E-state index in [4.69, 9.17) is 0 Å². The van der Waals surface area contributed by atoms with Gasteiger partial charge in [-0.15, -0.1) is 0 Å². The molecule has 25 heavy (non-hydrogen) atoms. The predicted octanol–water partition coefficient (Wildman–Crippen LogP) is 2.28. The van der Waals surface area contributed by atoms with Gasteiger partial charge in [-0.25, -0.2) is 4.79 Å². The molecule has 6 nitrogen and oxygen atoms in total. The van der Waals surface area contributed by atoms with Crippen molar-refractivity contribution in [3.8, 4) is 0 Å². The van der Waals surface area contributed by atoms with E-state index in [-0.39, 0.29) is 24.1 Å². The lowest BCUT2D eigenvalue weighted by Crippen LogP contribution is -2.48. The van der Waals surface area contributed by atoms with Gasteiger partial charge in [-0.2, -0.15) is 5.10 Å². The first-order valence-corrected chi connectivity index (χ1v) is 8.79. The first-order chi connectivity index (χ1) is 12.1. The van der Waals surface area contributed by atoms with Crippen molar-refractivity contribution < 1.29 is 9.90 Å². The topological polar surface area (TPSA) is 79.2 Å². The van der Waals surface area contributed by atoms with Crippen LogP contribution < -0.4 is 10.6 Å². The van der Waals surface area contributed by atoms with Crippen LogP contribution in [0.3, 0.4) is 0 Å². The first-order valence-electron chi connectivity index (χ1n) is 8.79. The molecule has 1 aromatic heterocycles. The molecule has 2 unspecified atom stereocenters. The molecular weight excluding hydrogens is 316 g/mol. The number of amides is 2. The van der Waals surface area contributed by atoms with E-state index in [1.54, 1.807) is 6.20 Å². The summed E-state index contributed by atoms with van der Waals surface area (Å²) in [7, 11) is 0. The first kappa shape index (κ1) is 17.5. The van der Waals surface area contributed by atoms with Gasteiger partial charge in [0.1, 0.15) is 0 Å². The fraction of sp³-hybridized carbons (Fsp3) is 0.474. The number of urea groups is 1. The molecular formula is C19H26N4O2. The number of nitrogens with zero attached hydrogens (tertiary/aromatic N) is 2. The maximum Gasteiger partial charge on any atom is 0.315 e. The molecule has 3 rings (SSSR count). The summed E-state index contributed by atoms with van der Waals surface area (Å²) in [4.78, 5) is 12.1. The van der Waals surface area contributed by atoms with E-state index < -0.39 is 0 Å². The van der Waals surface area contributed by atoms with Gasteiger partial charge in [0.2, 0.25) is 0 Å². The molecule has 2 amide bonds. The summed E-state index contributed by atoms with van der Waals surface area (Å²) >= 11 is 0. The quantitative estimate of drug-likeness (QED) is 0.753. The summed E-state index contributed by atoms with van der Waals surface area (Å²) in [5.74, 6) is 0. The van der Waals surface area contributed by atoms with Gasteiger partial charge in [0.05, 0.1) is 19.3 Å². The minimum Gasteiger partial charge on any atom is -0.396 e. The highest BCUT2D eigenvalue weighted by Crippen LogP contribution is 2.37. The number of hydrogen-bond donors (Lipinski definition) is 3. The molecule has 2 aromatic rings. The maximum atomic E-state index is 12.1. The van der Waals surface area contributed by atoms with Crippen LogP contribution in [0.1, 0.15) is 37.3 Å². The molecule has 3 N–H and O–H groups in total. The number of rotatable bonds is 6. The highest BCUT2D eigenvalue weighted by molar-refractivity contribution is 5.74. The van der Waals surface area contributed by atoms with Crippen LogP contribution in [-0.4, -0.2) is 33.6 Å². The monoisotopic (exact) mass is 342 g/mol. The molecule has 2 atom stereocenters. The molecule has 1 heterocycles. The molecule has 1 aromatic carbocycles. The third-order valence-corrected chi connectivity index (χ3v) is 5.08. The van der Waals surface area contributed by atoms with E-state index in [0.717, 1.165) is 24.8 Å². The van der Waals surface area contributed by atoms with E-state index in [9.17, 15) is 9.90 Å². The third-order valence-electron chi connectivity index (χ3n) is 5.08. The number of hydrogen-bond acceptors (Lipinski definition) is 3. The van der Waals surface area contributed by atoms with Gasteiger partial charge in [-0.1, -0.05) is 43.7 Å². The van der Waals surface area contributed by atoms with Crippen LogP contribution in [0.25, 0.3) is 0 Å². The lowest BCUT2D eigenvalue weighted by atomic mass is 9.86. The van der Waals surface area contributed by atoms with Crippen molar-refractivity contribution >= 4 is 6.03 Å². The van der Waals surface area contributed by atoms with Crippen molar-refractivity contribution in [1.29, 1.82) is 0 Å². The second kappa shape index (κ2) is 7.70. The van der Waals surface area contributed by atoms with Crippen LogP contribution in [0, 0.1) is 5.41 Å². The smallest absolute Gasteiger partial charge is 0.315 e. The van der Waals surface area contributed by atoms with E-state index in [1.807, 2.05) is 36.0 Å². The molecule has 1 aliphatic rings.